The summed E-state index contributed by atoms with van der Waals surface area (Å²) < 4.78 is 6.17. The second-order valence-corrected chi connectivity index (χ2v) is 6.62. The Morgan fingerprint density at radius 3 is 2.45 bits per heavy atom. The highest BCUT2D eigenvalue weighted by Crippen LogP contribution is 2.27. The van der Waals surface area contributed by atoms with Crippen LogP contribution in [0.1, 0.15) is 52.9 Å². The first-order chi connectivity index (χ1) is 9.56. The van der Waals surface area contributed by atoms with Gasteiger partial charge in [-0.15, -0.1) is 0 Å². The lowest BCUT2D eigenvalue weighted by Crippen LogP contribution is -2.50. The van der Waals surface area contributed by atoms with E-state index in [0.29, 0.717) is 43.0 Å². The number of hydrogen-bond acceptors (Lipinski definition) is 4. The lowest BCUT2D eigenvalue weighted by atomic mass is 9.88. The number of piperidine rings is 1. The van der Waals surface area contributed by atoms with Crippen LogP contribution in [0.4, 0.5) is 0 Å². The molecule has 0 bridgehead atoms. The van der Waals surface area contributed by atoms with Crippen molar-refractivity contribution in [1.29, 1.82) is 0 Å². The number of Topliss-reactive ketones (excluding diaryl/α,β-unsaturated/α-hetero) is 1. The summed E-state index contributed by atoms with van der Waals surface area (Å²) in [7, 11) is 0. The first-order valence-electron chi connectivity index (χ1n) is 8.22. The number of carbonyl (C=O) groups excluding carboxylic acids is 1. The minimum Gasteiger partial charge on any atom is -0.375 e. The monoisotopic (exact) mass is 282 g/mol. The van der Waals surface area contributed by atoms with Crippen LogP contribution in [-0.4, -0.2) is 54.6 Å². The van der Waals surface area contributed by atoms with E-state index in [1.807, 2.05) is 6.92 Å². The van der Waals surface area contributed by atoms with Gasteiger partial charge in [0.05, 0.1) is 18.8 Å². The van der Waals surface area contributed by atoms with Crippen LogP contribution in [0.5, 0.6) is 0 Å². The van der Waals surface area contributed by atoms with Crippen molar-refractivity contribution in [2.24, 2.45) is 0 Å². The van der Waals surface area contributed by atoms with Gasteiger partial charge in [0.1, 0.15) is 5.78 Å². The molecule has 1 aliphatic heterocycles. The maximum atomic E-state index is 11.4. The van der Waals surface area contributed by atoms with Crippen molar-refractivity contribution in [3.8, 4) is 0 Å². The molecule has 116 valence electrons. The number of nitrogens with one attached hydrogen (secondary N) is 1. The van der Waals surface area contributed by atoms with Gasteiger partial charge < -0.3 is 10.1 Å². The Kier molecular flexibility index (Phi) is 6.00. The zero-order valence-electron chi connectivity index (χ0n) is 13.2. The molecule has 1 aliphatic carbocycles. The van der Waals surface area contributed by atoms with Crippen LogP contribution in [0.25, 0.3) is 0 Å². The molecular weight excluding hydrogens is 252 g/mol. The fourth-order valence-electron chi connectivity index (χ4n) is 3.12. The summed E-state index contributed by atoms with van der Waals surface area (Å²) in [5.41, 5.74) is 0. The third-order valence-electron chi connectivity index (χ3n) is 4.38. The Balaban J connectivity index is 1.58. The van der Waals surface area contributed by atoms with Gasteiger partial charge in [0, 0.05) is 31.6 Å². The second kappa shape index (κ2) is 7.53. The van der Waals surface area contributed by atoms with Crippen LogP contribution in [0.15, 0.2) is 0 Å². The first-order valence-corrected chi connectivity index (χ1v) is 8.22. The molecule has 0 atom stereocenters. The van der Waals surface area contributed by atoms with Gasteiger partial charge in [-0.1, -0.05) is 20.8 Å². The van der Waals surface area contributed by atoms with E-state index < -0.39 is 0 Å². The van der Waals surface area contributed by atoms with Crippen LogP contribution in [0, 0.1) is 0 Å². The highest BCUT2D eigenvalue weighted by molar-refractivity contribution is 5.80. The van der Waals surface area contributed by atoms with E-state index >= 15 is 0 Å². The molecule has 1 heterocycles. The fourth-order valence-corrected chi connectivity index (χ4v) is 3.12. The van der Waals surface area contributed by atoms with Gasteiger partial charge in [-0.2, -0.15) is 0 Å². The Hall–Kier alpha value is -0.450. The number of rotatable bonds is 7. The predicted molar refractivity (Wildman–Crippen MR) is 80.9 cm³/mol. The van der Waals surface area contributed by atoms with E-state index in [2.05, 4.69) is 24.1 Å². The number of likely N-dealkylation sites (tertiary alicyclic amines) is 1. The lowest BCUT2D eigenvalue weighted by molar-refractivity contribution is -0.121. The molecule has 1 N–H and O–H groups in total. The molecule has 2 rings (SSSR count). The zero-order valence-corrected chi connectivity index (χ0v) is 13.2. The van der Waals surface area contributed by atoms with E-state index in [-0.39, 0.29) is 0 Å². The molecule has 0 aromatic heterocycles. The predicted octanol–water partition coefficient (Wildman–Crippen LogP) is 1.98. The summed E-state index contributed by atoms with van der Waals surface area (Å²) >= 11 is 0. The van der Waals surface area contributed by atoms with Crippen molar-refractivity contribution in [3.05, 3.63) is 0 Å². The molecule has 4 nitrogen and oxygen atoms in total. The Morgan fingerprint density at radius 2 is 1.90 bits per heavy atom. The number of carbonyl (C=O) groups is 1. The number of ether oxygens (including phenoxy) is 1. The fraction of sp³-hybridized carbons (Fsp3) is 0.938. The quantitative estimate of drug-likeness (QED) is 0.775. The minimum atomic E-state index is 0.353. The largest absolute Gasteiger partial charge is 0.375 e. The molecule has 20 heavy (non-hydrogen) atoms. The molecule has 1 saturated carbocycles. The summed E-state index contributed by atoms with van der Waals surface area (Å²) in [6.07, 6.45) is 6.00. The van der Waals surface area contributed by atoms with E-state index in [4.69, 9.17) is 4.74 Å². The van der Waals surface area contributed by atoms with Gasteiger partial charge in [-0.05, 0) is 25.7 Å². The SMILES string of the molecule is CCC(=O)CN1CCC(O[C@H]2C[C@H](NC(C)C)C2)CC1. The number of ketones is 1. The van der Waals surface area contributed by atoms with Crippen molar-refractivity contribution in [3.63, 3.8) is 0 Å². The maximum Gasteiger partial charge on any atom is 0.146 e. The summed E-state index contributed by atoms with van der Waals surface area (Å²) in [4.78, 5) is 13.7. The third-order valence-corrected chi connectivity index (χ3v) is 4.38. The van der Waals surface area contributed by atoms with Crippen LogP contribution in [0.3, 0.4) is 0 Å². The van der Waals surface area contributed by atoms with Crippen LogP contribution in [0.2, 0.25) is 0 Å². The van der Waals surface area contributed by atoms with Crippen LogP contribution in [-0.2, 0) is 9.53 Å². The number of nitrogens with zero attached hydrogens (tertiary/aromatic N) is 1. The van der Waals surface area contributed by atoms with Crippen molar-refractivity contribution < 1.29 is 9.53 Å². The van der Waals surface area contributed by atoms with Gasteiger partial charge in [-0.3, -0.25) is 9.69 Å². The molecule has 1 saturated heterocycles. The van der Waals surface area contributed by atoms with Gasteiger partial charge in [0.2, 0.25) is 0 Å². The van der Waals surface area contributed by atoms with Gasteiger partial charge >= 0.3 is 0 Å². The van der Waals surface area contributed by atoms with Crippen molar-refractivity contribution in [2.75, 3.05) is 19.6 Å². The Morgan fingerprint density at radius 1 is 1.25 bits per heavy atom. The highest BCUT2D eigenvalue weighted by atomic mass is 16.5. The standard InChI is InChI=1S/C16H30N2O2/c1-4-14(19)11-18-7-5-15(6-8-18)20-16-9-13(10-16)17-12(2)3/h12-13,15-17H,4-11H2,1-3H3/t13-,16-. The third kappa shape index (κ3) is 4.83. The average molecular weight is 282 g/mol. The first kappa shape index (κ1) is 15.9. The molecule has 4 heteroatoms. The van der Waals surface area contributed by atoms with Crippen molar-refractivity contribution >= 4 is 5.78 Å². The highest BCUT2D eigenvalue weighted by Gasteiger charge is 2.33. The maximum absolute atomic E-state index is 11.4. The van der Waals surface area contributed by atoms with E-state index in [0.717, 1.165) is 38.8 Å². The van der Waals surface area contributed by atoms with Gasteiger partial charge in [0.15, 0.2) is 0 Å². The molecule has 2 aliphatic rings. The minimum absolute atomic E-state index is 0.353. The number of hydrogen-bond donors (Lipinski definition) is 1. The average Bonchev–Trinajstić information content (AvgIpc) is 2.37. The molecular formula is C16H30N2O2. The molecule has 0 spiro atoms. The summed E-state index contributed by atoms with van der Waals surface area (Å²) in [6, 6.07) is 1.22. The summed E-state index contributed by atoms with van der Waals surface area (Å²) in [6.45, 7) is 8.99. The Bertz CT molecular complexity index is 306. The zero-order chi connectivity index (χ0) is 14.5. The molecule has 0 radical (unpaired) electrons. The summed E-state index contributed by atoms with van der Waals surface area (Å²) in [5.74, 6) is 0.353. The molecule has 0 amide bonds. The van der Waals surface area contributed by atoms with Crippen molar-refractivity contribution in [2.45, 2.75) is 77.2 Å². The Labute approximate surface area is 123 Å². The second-order valence-electron chi connectivity index (χ2n) is 6.62. The summed E-state index contributed by atoms with van der Waals surface area (Å²) in [5, 5.41) is 3.56. The smallest absolute Gasteiger partial charge is 0.146 e. The van der Waals surface area contributed by atoms with E-state index in [1.165, 1.54) is 0 Å². The van der Waals surface area contributed by atoms with E-state index in [9.17, 15) is 4.79 Å². The van der Waals surface area contributed by atoms with Gasteiger partial charge in [0.25, 0.3) is 0 Å². The molecule has 2 fully saturated rings. The topological polar surface area (TPSA) is 41.6 Å². The van der Waals surface area contributed by atoms with Crippen LogP contribution >= 0.6 is 0 Å². The van der Waals surface area contributed by atoms with Crippen molar-refractivity contribution in [1.82, 2.24) is 10.2 Å². The van der Waals surface area contributed by atoms with Gasteiger partial charge in [-0.25, -0.2) is 0 Å². The molecule has 0 unspecified atom stereocenters. The molecule has 0 aromatic carbocycles. The van der Waals surface area contributed by atoms with E-state index in [1.54, 1.807) is 0 Å². The lowest BCUT2D eigenvalue weighted by Gasteiger charge is -2.41. The van der Waals surface area contributed by atoms with Crippen LogP contribution < -0.4 is 5.32 Å². The normalized spacial score (nSPS) is 28.6. The molecule has 0 aromatic rings.